The Morgan fingerprint density at radius 1 is 1.30 bits per heavy atom. The molecule has 3 rings (SSSR count). The largest absolute Gasteiger partial charge is 0.339 e. The number of alkyl halides is 1. The normalized spacial score (nSPS) is 15.3. The zero-order valence-corrected chi connectivity index (χ0v) is 17.1. The van der Waals surface area contributed by atoms with Gasteiger partial charge in [0.2, 0.25) is 5.91 Å². The quantitative estimate of drug-likeness (QED) is 0.713. The Morgan fingerprint density at radius 3 is 2.74 bits per heavy atom. The van der Waals surface area contributed by atoms with Crippen LogP contribution in [-0.2, 0) is 24.2 Å². The fourth-order valence-corrected chi connectivity index (χ4v) is 4.29. The molecule has 1 saturated heterocycles. The first-order valence-corrected chi connectivity index (χ1v) is 10.7. The molecule has 0 saturated carbocycles. The number of piperazine rings is 1. The lowest BCUT2D eigenvalue weighted by Gasteiger charge is -2.34. The van der Waals surface area contributed by atoms with Crippen molar-refractivity contribution in [2.24, 2.45) is 0 Å². The summed E-state index contributed by atoms with van der Waals surface area (Å²) in [5, 5.41) is 4.23. The van der Waals surface area contributed by atoms with Crippen molar-refractivity contribution in [3.05, 3.63) is 49.8 Å². The van der Waals surface area contributed by atoms with Gasteiger partial charge in [0.1, 0.15) is 11.7 Å². The lowest BCUT2D eigenvalue weighted by atomic mass is 10.0. The third-order valence-corrected chi connectivity index (χ3v) is 5.87. The van der Waals surface area contributed by atoms with Crippen molar-refractivity contribution in [2.45, 2.75) is 32.7 Å². The molecule has 0 bridgehead atoms. The van der Waals surface area contributed by atoms with E-state index in [9.17, 15) is 9.59 Å². The molecule has 0 unspecified atom stereocenters. The number of thiophene rings is 1. The third-order valence-electron chi connectivity index (χ3n) is 4.90. The summed E-state index contributed by atoms with van der Waals surface area (Å²) in [4.78, 5) is 35.7. The van der Waals surface area contributed by atoms with Crippen LogP contribution in [0.3, 0.4) is 0 Å². The van der Waals surface area contributed by atoms with Crippen molar-refractivity contribution in [3.8, 4) is 0 Å². The number of carbonyl (C=O) groups is 1. The first-order valence-electron chi connectivity index (χ1n) is 9.22. The number of nitrogens with zero attached hydrogens (tertiary/aromatic N) is 3. The van der Waals surface area contributed by atoms with Gasteiger partial charge in [-0.25, -0.2) is 4.98 Å². The Morgan fingerprint density at radius 2 is 2.07 bits per heavy atom. The number of aromatic amines is 1. The highest BCUT2D eigenvalue weighted by molar-refractivity contribution is 7.07. The molecule has 6 nitrogen and oxygen atoms in total. The van der Waals surface area contributed by atoms with Gasteiger partial charge >= 0.3 is 0 Å². The van der Waals surface area contributed by atoms with Crippen molar-refractivity contribution in [1.29, 1.82) is 0 Å². The minimum atomic E-state index is -0.0289. The summed E-state index contributed by atoms with van der Waals surface area (Å²) in [6.45, 7) is 5.33. The summed E-state index contributed by atoms with van der Waals surface area (Å²) in [6, 6.07) is 2.13. The minimum Gasteiger partial charge on any atom is -0.339 e. The van der Waals surface area contributed by atoms with Crippen molar-refractivity contribution in [1.82, 2.24) is 19.8 Å². The summed E-state index contributed by atoms with van der Waals surface area (Å²) in [5.74, 6) is 0.659. The zero-order valence-electron chi connectivity index (χ0n) is 15.5. The number of H-pyrrole nitrogens is 1. The number of aryl methyl sites for hydroxylation is 2. The number of rotatable bonds is 7. The van der Waals surface area contributed by atoms with Gasteiger partial charge in [0, 0.05) is 38.3 Å². The van der Waals surface area contributed by atoms with Crippen LogP contribution in [0, 0.1) is 6.92 Å². The molecule has 3 heterocycles. The molecule has 0 spiro atoms. The van der Waals surface area contributed by atoms with Gasteiger partial charge in [-0.1, -0.05) is 0 Å². The predicted molar refractivity (Wildman–Crippen MR) is 109 cm³/mol. The van der Waals surface area contributed by atoms with E-state index in [0.29, 0.717) is 25.5 Å². The molecule has 1 N–H and O–H groups in total. The van der Waals surface area contributed by atoms with E-state index in [1.54, 1.807) is 16.2 Å². The Labute approximate surface area is 168 Å². The molecule has 0 radical (unpaired) electrons. The molecular formula is C19H25ClN4O2S. The van der Waals surface area contributed by atoms with Crippen LogP contribution in [-0.4, -0.2) is 57.7 Å². The van der Waals surface area contributed by atoms with E-state index < -0.39 is 0 Å². The number of halogens is 1. The fraction of sp³-hybridized carbons (Fsp3) is 0.526. The first kappa shape index (κ1) is 20.0. The Balaban J connectivity index is 1.64. The van der Waals surface area contributed by atoms with E-state index in [0.717, 1.165) is 43.6 Å². The first-order chi connectivity index (χ1) is 13.1. The summed E-state index contributed by atoms with van der Waals surface area (Å²) in [7, 11) is 0. The van der Waals surface area contributed by atoms with E-state index >= 15 is 0 Å². The van der Waals surface area contributed by atoms with Crippen LogP contribution in [0.4, 0.5) is 0 Å². The van der Waals surface area contributed by atoms with E-state index in [2.05, 4.69) is 31.7 Å². The van der Waals surface area contributed by atoms with Gasteiger partial charge in [0.05, 0.1) is 5.69 Å². The second kappa shape index (κ2) is 9.48. The molecule has 0 atom stereocenters. The number of hydrogen-bond acceptors (Lipinski definition) is 5. The molecule has 2 aromatic heterocycles. The van der Waals surface area contributed by atoms with E-state index in [4.69, 9.17) is 11.6 Å². The van der Waals surface area contributed by atoms with Crippen molar-refractivity contribution >= 4 is 28.8 Å². The highest BCUT2D eigenvalue weighted by Crippen LogP contribution is 2.14. The van der Waals surface area contributed by atoms with Gasteiger partial charge in [0.15, 0.2) is 0 Å². The number of hydrogen-bond donors (Lipinski definition) is 1. The Hall–Kier alpha value is -1.70. The SMILES string of the molecule is Cc1nc(CN2CCN(C(=O)CCl)CC2)c(CCCc2ccsc2)c(=O)[nH]1. The van der Waals surface area contributed by atoms with Gasteiger partial charge < -0.3 is 9.88 Å². The molecule has 2 aromatic rings. The monoisotopic (exact) mass is 408 g/mol. The molecule has 1 amide bonds. The average molecular weight is 409 g/mol. The smallest absolute Gasteiger partial charge is 0.254 e. The zero-order chi connectivity index (χ0) is 19.2. The molecule has 1 aliphatic heterocycles. The maximum absolute atomic E-state index is 12.5. The van der Waals surface area contributed by atoms with Gasteiger partial charge in [-0.3, -0.25) is 14.5 Å². The van der Waals surface area contributed by atoms with Crippen LogP contribution in [0.25, 0.3) is 0 Å². The summed E-state index contributed by atoms with van der Waals surface area (Å²) < 4.78 is 0. The van der Waals surface area contributed by atoms with Crippen molar-refractivity contribution < 1.29 is 4.79 Å². The van der Waals surface area contributed by atoms with Gasteiger partial charge in [-0.05, 0) is 48.6 Å². The Bertz CT molecular complexity index is 814. The van der Waals surface area contributed by atoms with Crippen molar-refractivity contribution in [3.63, 3.8) is 0 Å². The minimum absolute atomic E-state index is 0.0180. The fourth-order valence-electron chi connectivity index (χ4n) is 3.41. The van der Waals surface area contributed by atoms with Gasteiger partial charge in [-0.2, -0.15) is 11.3 Å². The lowest BCUT2D eigenvalue weighted by Crippen LogP contribution is -2.49. The van der Waals surface area contributed by atoms with Crippen molar-refractivity contribution in [2.75, 3.05) is 32.1 Å². The van der Waals surface area contributed by atoms with Crippen LogP contribution in [0.5, 0.6) is 0 Å². The molecule has 146 valence electrons. The van der Waals surface area contributed by atoms with Gasteiger partial charge in [-0.15, -0.1) is 11.6 Å². The molecule has 1 aliphatic rings. The summed E-state index contributed by atoms with van der Waals surface area (Å²) in [6.07, 6.45) is 2.61. The van der Waals surface area contributed by atoms with Crippen LogP contribution in [0.2, 0.25) is 0 Å². The Kier molecular flexibility index (Phi) is 7.04. The second-order valence-electron chi connectivity index (χ2n) is 6.85. The second-order valence-corrected chi connectivity index (χ2v) is 7.90. The molecule has 8 heteroatoms. The standard InChI is InChI=1S/C19H25ClN4O2S/c1-14-21-17(12-23-6-8-24(9-7-23)18(25)11-20)16(19(26)22-14)4-2-3-15-5-10-27-13-15/h5,10,13H,2-4,6-9,11-12H2,1H3,(H,21,22,26). The summed E-state index contributed by atoms with van der Waals surface area (Å²) >= 11 is 7.34. The lowest BCUT2D eigenvalue weighted by molar-refractivity contribution is -0.130. The van der Waals surface area contributed by atoms with E-state index in [1.807, 2.05) is 6.92 Å². The van der Waals surface area contributed by atoms with Crippen LogP contribution < -0.4 is 5.56 Å². The molecule has 27 heavy (non-hydrogen) atoms. The van der Waals surface area contributed by atoms with Crippen LogP contribution >= 0.6 is 22.9 Å². The number of carbonyl (C=O) groups excluding carboxylic acids is 1. The maximum Gasteiger partial charge on any atom is 0.254 e. The predicted octanol–water partition coefficient (Wildman–Crippen LogP) is 2.20. The van der Waals surface area contributed by atoms with Gasteiger partial charge in [0.25, 0.3) is 5.56 Å². The molecule has 1 fully saturated rings. The average Bonchev–Trinajstić information content (AvgIpc) is 3.17. The molecule has 0 aliphatic carbocycles. The van der Waals surface area contributed by atoms with E-state index in [1.165, 1.54) is 5.56 Å². The topological polar surface area (TPSA) is 69.3 Å². The number of nitrogens with one attached hydrogen (secondary N) is 1. The molecule has 0 aromatic carbocycles. The van der Waals surface area contributed by atoms with Crippen LogP contribution in [0.15, 0.2) is 21.6 Å². The van der Waals surface area contributed by atoms with Crippen LogP contribution in [0.1, 0.15) is 29.1 Å². The maximum atomic E-state index is 12.5. The highest BCUT2D eigenvalue weighted by Gasteiger charge is 2.22. The molecular weight excluding hydrogens is 384 g/mol. The number of amides is 1. The highest BCUT2D eigenvalue weighted by atomic mass is 35.5. The van der Waals surface area contributed by atoms with E-state index in [-0.39, 0.29) is 17.3 Å². The third kappa shape index (κ3) is 5.40. The number of aromatic nitrogens is 2. The summed E-state index contributed by atoms with van der Waals surface area (Å²) in [5.41, 5.74) is 2.94.